The normalized spacial score (nSPS) is 10.7. The number of anilines is 1. The predicted molar refractivity (Wildman–Crippen MR) is 77.3 cm³/mol. The van der Waals surface area contributed by atoms with Crippen LogP contribution in [-0.2, 0) is 0 Å². The molecule has 19 heavy (non-hydrogen) atoms. The van der Waals surface area contributed by atoms with E-state index in [1.165, 1.54) is 6.20 Å². The number of pyridine rings is 1. The number of hydrogen-bond acceptors (Lipinski definition) is 3. The van der Waals surface area contributed by atoms with E-state index in [2.05, 4.69) is 23.7 Å². The Bertz CT molecular complexity index is 624. The first-order chi connectivity index (χ1) is 9.08. The molecule has 100 valence electrons. The smallest absolute Gasteiger partial charge is 0.338 e. The Morgan fingerprint density at radius 2 is 2.05 bits per heavy atom. The van der Waals surface area contributed by atoms with E-state index < -0.39 is 5.97 Å². The lowest BCUT2D eigenvalue weighted by atomic mass is 10.1. The molecular weight excluding hydrogens is 264 g/mol. The number of fused-ring (bicyclic) bond motifs is 1. The van der Waals surface area contributed by atoms with Gasteiger partial charge in [0.25, 0.3) is 0 Å². The average molecular weight is 279 g/mol. The zero-order chi connectivity index (χ0) is 14.0. The average Bonchev–Trinajstić information content (AvgIpc) is 2.40. The molecule has 0 bridgehead atoms. The molecule has 1 aromatic carbocycles. The van der Waals surface area contributed by atoms with Gasteiger partial charge in [-0.25, -0.2) is 4.79 Å². The summed E-state index contributed by atoms with van der Waals surface area (Å²) in [7, 11) is 0. The van der Waals surface area contributed by atoms with Crippen molar-refractivity contribution in [2.24, 2.45) is 0 Å². The Hall–Kier alpha value is -1.81. The minimum Gasteiger partial charge on any atom is -0.478 e. The maximum Gasteiger partial charge on any atom is 0.338 e. The molecular formula is C14H15ClN2O2. The summed E-state index contributed by atoms with van der Waals surface area (Å²) in [6.07, 6.45) is 1.30. The number of carbonyl (C=O) groups is 1. The van der Waals surface area contributed by atoms with Gasteiger partial charge in [-0.05, 0) is 32.0 Å². The molecule has 5 heteroatoms. The summed E-state index contributed by atoms with van der Waals surface area (Å²) in [5, 5.41) is 9.98. The van der Waals surface area contributed by atoms with E-state index >= 15 is 0 Å². The Morgan fingerprint density at radius 3 is 2.63 bits per heavy atom. The van der Waals surface area contributed by atoms with E-state index in [1.807, 2.05) is 18.2 Å². The second-order valence-electron chi connectivity index (χ2n) is 4.16. The van der Waals surface area contributed by atoms with Gasteiger partial charge in [0, 0.05) is 30.4 Å². The summed E-state index contributed by atoms with van der Waals surface area (Å²) in [5.74, 6) is -1.06. The molecule has 0 aliphatic heterocycles. The molecule has 0 aliphatic rings. The van der Waals surface area contributed by atoms with E-state index in [1.54, 1.807) is 0 Å². The van der Waals surface area contributed by atoms with Crippen LogP contribution in [0, 0.1) is 0 Å². The van der Waals surface area contributed by atoms with Crippen molar-refractivity contribution in [3.05, 3.63) is 35.0 Å². The van der Waals surface area contributed by atoms with Gasteiger partial charge >= 0.3 is 5.97 Å². The molecule has 0 atom stereocenters. The van der Waals surface area contributed by atoms with E-state index in [-0.39, 0.29) is 10.6 Å². The molecule has 0 radical (unpaired) electrons. The number of carboxylic acid groups (broad SMARTS) is 1. The van der Waals surface area contributed by atoms with Crippen molar-refractivity contribution in [3.63, 3.8) is 0 Å². The Kier molecular flexibility index (Phi) is 3.90. The molecule has 1 N–H and O–H groups in total. The third kappa shape index (κ3) is 2.49. The Balaban J connectivity index is 2.63. The molecule has 0 aliphatic carbocycles. The minimum atomic E-state index is -1.06. The number of rotatable bonds is 4. The quantitative estimate of drug-likeness (QED) is 0.931. The van der Waals surface area contributed by atoms with Crippen LogP contribution < -0.4 is 4.90 Å². The third-order valence-electron chi connectivity index (χ3n) is 3.14. The fourth-order valence-corrected chi connectivity index (χ4v) is 2.36. The summed E-state index contributed by atoms with van der Waals surface area (Å²) >= 11 is 6.16. The Morgan fingerprint density at radius 1 is 1.37 bits per heavy atom. The molecule has 2 aromatic rings. The van der Waals surface area contributed by atoms with Gasteiger partial charge in [-0.2, -0.15) is 0 Å². The van der Waals surface area contributed by atoms with E-state index in [0.29, 0.717) is 10.9 Å². The molecule has 0 unspecified atom stereocenters. The molecule has 0 saturated carbocycles. The molecule has 1 aromatic heterocycles. The van der Waals surface area contributed by atoms with Crippen molar-refractivity contribution in [1.82, 2.24) is 4.98 Å². The number of benzene rings is 1. The van der Waals surface area contributed by atoms with Gasteiger partial charge < -0.3 is 10.0 Å². The fourth-order valence-electron chi connectivity index (χ4n) is 2.08. The molecule has 0 amide bonds. The van der Waals surface area contributed by atoms with Crippen LogP contribution in [0.1, 0.15) is 24.2 Å². The second-order valence-corrected chi connectivity index (χ2v) is 4.54. The first kappa shape index (κ1) is 13.6. The van der Waals surface area contributed by atoms with Crippen LogP contribution in [0.2, 0.25) is 5.02 Å². The van der Waals surface area contributed by atoms with Crippen molar-refractivity contribution >= 4 is 34.2 Å². The van der Waals surface area contributed by atoms with Crippen LogP contribution in [0.5, 0.6) is 0 Å². The van der Waals surface area contributed by atoms with E-state index in [9.17, 15) is 4.79 Å². The number of hydrogen-bond donors (Lipinski definition) is 1. The molecule has 0 spiro atoms. The van der Waals surface area contributed by atoms with Crippen molar-refractivity contribution in [3.8, 4) is 0 Å². The lowest BCUT2D eigenvalue weighted by Crippen LogP contribution is -2.21. The minimum absolute atomic E-state index is 0.0332. The van der Waals surface area contributed by atoms with E-state index in [0.717, 1.165) is 18.8 Å². The highest BCUT2D eigenvalue weighted by Crippen LogP contribution is 2.29. The highest BCUT2D eigenvalue weighted by Gasteiger charge is 2.14. The van der Waals surface area contributed by atoms with Gasteiger partial charge in [-0.3, -0.25) is 4.98 Å². The number of halogens is 1. The van der Waals surface area contributed by atoms with Crippen molar-refractivity contribution in [1.29, 1.82) is 0 Å². The summed E-state index contributed by atoms with van der Waals surface area (Å²) in [6, 6.07) is 5.73. The van der Waals surface area contributed by atoms with Crippen LogP contribution >= 0.6 is 11.6 Å². The molecule has 0 saturated heterocycles. The topological polar surface area (TPSA) is 53.4 Å². The molecule has 2 rings (SSSR count). The Labute approximate surface area is 116 Å². The maximum absolute atomic E-state index is 11.1. The highest BCUT2D eigenvalue weighted by atomic mass is 35.5. The van der Waals surface area contributed by atoms with Gasteiger partial charge in [0.05, 0.1) is 16.1 Å². The molecule has 1 heterocycles. The van der Waals surface area contributed by atoms with E-state index in [4.69, 9.17) is 16.7 Å². The summed E-state index contributed by atoms with van der Waals surface area (Å²) in [6.45, 7) is 5.90. The third-order valence-corrected chi connectivity index (χ3v) is 3.55. The predicted octanol–water partition coefficient (Wildman–Crippen LogP) is 3.43. The first-order valence-corrected chi connectivity index (χ1v) is 6.52. The van der Waals surface area contributed by atoms with Gasteiger partial charge in [0.2, 0.25) is 0 Å². The van der Waals surface area contributed by atoms with Crippen LogP contribution in [0.4, 0.5) is 5.69 Å². The summed E-state index contributed by atoms with van der Waals surface area (Å²) in [5.41, 5.74) is 1.75. The van der Waals surface area contributed by atoms with Crippen LogP contribution in [-0.4, -0.2) is 29.1 Å². The number of nitrogens with zero attached hydrogens (tertiary/aromatic N) is 2. The molecule has 0 fully saturated rings. The standard InChI is InChI=1S/C14H15ClN2O2/c1-3-17(4-2)9-5-6-12-10(7-9)13(15)11(8-16-12)14(18)19/h5-8H,3-4H2,1-2H3,(H,18,19). The van der Waals surface area contributed by atoms with Crippen molar-refractivity contribution in [2.45, 2.75) is 13.8 Å². The van der Waals surface area contributed by atoms with Gasteiger partial charge in [0.15, 0.2) is 0 Å². The zero-order valence-electron chi connectivity index (χ0n) is 10.9. The fraction of sp³-hybridized carbons (Fsp3) is 0.286. The first-order valence-electron chi connectivity index (χ1n) is 6.15. The second kappa shape index (κ2) is 5.45. The van der Waals surface area contributed by atoms with Gasteiger partial charge in [-0.15, -0.1) is 0 Å². The zero-order valence-corrected chi connectivity index (χ0v) is 11.6. The van der Waals surface area contributed by atoms with Gasteiger partial charge in [-0.1, -0.05) is 11.6 Å². The van der Waals surface area contributed by atoms with Crippen LogP contribution in [0.25, 0.3) is 10.9 Å². The number of aromatic nitrogens is 1. The maximum atomic E-state index is 11.1. The summed E-state index contributed by atoms with van der Waals surface area (Å²) in [4.78, 5) is 17.4. The largest absolute Gasteiger partial charge is 0.478 e. The lowest BCUT2D eigenvalue weighted by Gasteiger charge is -2.21. The lowest BCUT2D eigenvalue weighted by molar-refractivity contribution is 0.0697. The van der Waals surface area contributed by atoms with Crippen molar-refractivity contribution in [2.75, 3.05) is 18.0 Å². The van der Waals surface area contributed by atoms with Crippen LogP contribution in [0.15, 0.2) is 24.4 Å². The highest BCUT2D eigenvalue weighted by molar-refractivity contribution is 6.38. The number of carboxylic acids is 1. The SMILES string of the molecule is CCN(CC)c1ccc2ncc(C(=O)O)c(Cl)c2c1. The molecule has 4 nitrogen and oxygen atoms in total. The monoisotopic (exact) mass is 278 g/mol. The van der Waals surface area contributed by atoms with Crippen molar-refractivity contribution < 1.29 is 9.90 Å². The van der Waals surface area contributed by atoms with Gasteiger partial charge in [0.1, 0.15) is 0 Å². The summed E-state index contributed by atoms with van der Waals surface area (Å²) < 4.78 is 0. The number of aromatic carboxylic acids is 1. The van der Waals surface area contributed by atoms with Crippen LogP contribution in [0.3, 0.4) is 0 Å².